The molecule has 0 radical (unpaired) electrons. The summed E-state index contributed by atoms with van der Waals surface area (Å²) in [6.45, 7) is 8.58. The number of ether oxygens (including phenoxy) is 3. The van der Waals surface area contributed by atoms with E-state index in [1.165, 1.54) is 0 Å². The summed E-state index contributed by atoms with van der Waals surface area (Å²) in [5, 5.41) is 2.51. The molecule has 1 amide bonds. The van der Waals surface area contributed by atoms with E-state index >= 15 is 0 Å². The van der Waals surface area contributed by atoms with Crippen molar-refractivity contribution in [3.05, 3.63) is 64.7 Å². The van der Waals surface area contributed by atoms with Gasteiger partial charge >= 0.3 is 0 Å². The van der Waals surface area contributed by atoms with Crippen LogP contribution < -0.4 is 14.2 Å². The van der Waals surface area contributed by atoms with Crippen molar-refractivity contribution in [1.29, 1.82) is 0 Å². The molecule has 3 aromatic carbocycles. The second-order valence-corrected chi connectivity index (χ2v) is 9.03. The summed E-state index contributed by atoms with van der Waals surface area (Å²) in [4.78, 5) is 18.2. The van der Waals surface area contributed by atoms with Crippen molar-refractivity contribution in [1.82, 2.24) is 9.80 Å². The first kappa shape index (κ1) is 25.1. The van der Waals surface area contributed by atoms with Crippen LogP contribution in [-0.4, -0.2) is 55.8 Å². The summed E-state index contributed by atoms with van der Waals surface area (Å²) in [7, 11) is 1.61. The standard InChI is InChI=1S/C28H33ClN2O4/c1-4-30(5-2)14-8-9-15-31(18-21-16-25-26(17-24(21)29)35-19-34-25)28(32)23-13-12-20-10-6-7-11-22(20)27(23)33-3/h6-7,10-13,16-17H,4-5,8-9,14-15,18-19H2,1-3H3. The van der Waals surface area contributed by atoms with Gasteiger partial charge < -0.3 is 24.0 Å². The number of unbranched alkanes of at least 4 members (excludes halogenated alkanes) is 1. The highest BCUT2D eigenvalue weighted by atomic mass is 35.5. The molecule has 35 heavy (non-hydrogen) atoms. The molecule has 0 unspecified atom stereocenters. The Balaban J connectivity index is 1.61. The Morgan fingerprint density at radius 1 is 1.00 bits per heavy atom. The Hall–Kier alpha value is -2.96. The van der Waals surface area contributed by atoms with Crippen molar-refractivity contribution in [2.45, 2.75) is 33.2 Å². The SMILES string of the molecule is CCN(CC)CCCCN(Cc1cc2c(cc1Cl)OCO2)C(=O)c1ccc2ccccc2c1OC. The highest BCUT2D eigenvalue weighted by Gasteiger charge is 2.24. The van der Waals surface area contributed by atoms with E-state index in [-0.39, 0.29) is 12.7 Å². The van der Waals surface area contributed by atoms with Gasteiger partial charge in [0.15, 0.2) is 11.5 Å². The van der Waals surface area contributed by atoms with Gasteiger partial charge in [0.1, 0.15) is 5.75 Å². The molecular formula is C28H33ClN2O4. The third-order valence-corrected chi connectivity index (χ3v) is 6.90. The molecule has 0 aliphatic carbocycles. The molecular weight excluding hydrogens is 464 g/mol. The number of halogens is 1. The Bertz CT molecular complexity index is 1180. The maximum atomic E-state index is 13.9. The Morgan fingerprint density at radius 2 is 1.71 bits per heavy atom. The molecule has 0 saturated heterocycles. The molecule has 4 rings (SSSR count). The summed E-state index contributed by atoms with van der Waals surface area (Å²) in [6.07, 6.45) is 1.90. The van der Waals surface area contributed by atoms with Crippen LogP contribution >= 0.6 is 11.6 Å². The minimum atomic E-state index is -0.0795. The van der Waals surface area contributed by atoms with Gasteiger partial charge in [-0.2, -0.15) is 0 Å². The summed E-state index contributed by atoms with van der Waals surface area (Å²) < 4.78 is 16.7. The predicted molar refractivity (Wildman–Crippen MR) is 140 cm³/mol. The highest BCUT2D eigenvalue weighted by Crippen LogP contribution is 2.38. The second-order valence-electron chi connectivity index (χ2n) is 8.63. The van der Waals surface area contributed by atoms with Crippen molar-refractivity contribution < 1.29 is 19.0 Å². The van der Waals surface area contributed by atoms with E-state index in [1.54, 1.807) is 13.2 Å². The largest absolute Gasteiger partial charge is 0.495 e. The van der Waals surface area contributed by atoms with Crippen LogP contribution in [0.3, 0.4) is 0 Å². The van der Waals surface area contributed by atoms with Crippen LogP contribution in [-0.2, 0) is 6.54 Å². The molecule has 1 aliphatic heterocycles. The second kappa shape index (κ2) is 11.6. The van der Waals surface area contributed by atoms with Crippen molar-refractivity contribution >= 4 is 28.3 Å². The van der Waals surface area contributed by atoms with Gasteiger partial charge in [-0.1, -0.05) is 55.8 Å². The lowest BCUT2D eigenvalue weighted by Gasteiger charge is -2.25. The van der Waals surface area contributed by atoms with Gasteiger partial charge in [0.25, 0.3) is 5.91 Å². The highest BCUT2D eigenvalue weighted by molar-refractivity contribution is 6.31. The van der Waals surface area contributed by atoms with Crippen molar-refractivity contribution in [3.8, 4) is 17.2 Å². The first-order valence-electron chi connectivity index (χ1n) is 12.2. The Labute approximate surface area is 212 Å². The molecule has 1 heterocycles. The lowest BCUT2D eigenvalue weighted by atomic mass is 10.0. The minimum absolute atomic E-state index is 0.0795. The average molecular weight is 497 g/mol. The molecule has 0 fully saturated rings. The fourth-order valence-electron chi connectivity index (χ4n) is 4.52. The van der Waals surface area contributed by atoms with Crippen LogP contribution in [0.25, 0.3) is 10.8 Å². The average Bonchev–Trinajstić information content (AvgIpc) is 3.34. The molecule has 0 saturated carbocycles. The zero-order valence-corrected chi connectivity index (χ0v) is 21.4. The summed E-state index contributed by atoms with van der Waals surface area (Å²) in [5.41, 5.74) is 1.37. The topological polar surface area (TPSA) is 51.2 Å². The zero-order chi connectivity index (χ0) is 24.8. The van der Waals surface area contributed by atoms with Crippen LogP contribution in [0.15, 0.2) is 48.5 Å². The number of benzene rings is 3. The maximum absolute atomic E-state index is 13.9. The van der Waals surface area contributed by atoms with E-state index in [0.717, 1.165) is 48.8 Å². The third-order valence-electron chi connectivity index (χ3n) is 6.55. The lowest BCUT2D eigenvalue weighted by molar-refractivity contribution is 0.0735. The Morgan fingerprint density at radius 3 is 2.46 bits per heavy atom. The van der Waals surface area contributed by atoms with E-state index in [1.807, 2.05) is 47.4 Å². The van der Waals surface area contributed by atoms with Gasteiger partial charge in [0.05, 0.1) is 12.7 Å². The smallest absolute Gasteiger partial charge is 0.257 e. The van der Waals surface area contributed by atoms with Gasteiger partial charge in [-0.05, 0) is 55.6 Å². The molecule has 3 aromatic rings. The van der Waals surface area contributed by atoms with Crippen LogP contribution in [0, 0.1) is 0 Å². The summed E-state index contributed by atoms with van der Waals surface area (Å²) in [5.74, 6) is 1.80. The molecule has 1 aliphatic rings. The van der Waals surface area contributed by atoms with Crippen molar-refractivity contribution in [3.63, 3.8) is 0 Å². The van der Waals surface area contributed by atoms with Crippen LogP contribution in [0.1, 0.15) is 42.6 Å². The number of hydrogen-bond donors (Lipinski definition) is 0. The molecule has 0 atom stereocenters. The third kappa shape index (κ3) is 5.65. The molecule has 0 N–H and O–H groups in total. The van der Waals surface area contributed by atoms with E-state index in [4.69, 9.17) is 25.8 Å². The number of carbonyl (C=O) groups excluding carboxylic acids is 1. The Kier molecular flexibility index (Phi) is 8.37. The lowest BCUT2D eigenvalue weighted by Crippen LogP contribution is -2.32. The number of amides is 1. The summed E-state index contributed by atoms with van der Waals surface area (Å²) in [6, 6.07) is 15.4. The number of methoxy groups -OCH3 is 1. The first-order valence-corrected chi connectivity index (χ1v) is 12.6. The number of nitrogens with zero attached hydrogens (tertiary/aromatic N) is 2. The van der Waals surface area contributed by atoms with Crippen LogP contribution in [0.4, 0.5) is 0 Å². The molecule has 0 bridgehead atoms. The number of carbonyl (C=O) groups is 1. The zero-order valence-electron chi connectivity index (χ0n) is 20.7. The number of rotatable bonds is 11. The van der Waals surface area contributed by atoms with Gasteiger partial charge in [-0.15, -0.1) is 0 Å². The van der Waals surface area contributed by atoms with Crippen molar-refractivity contribution in [2.24, 2.45) is 0 Å². The van der Waals surface area contributed by atoms with Gasteiger partial charge in [0, 0.05) is 29.6 Å². The number of hydrogen-bond acceptors (Lipinski definition) is 5. The predicted octanol–water partition coefficient (Wildman–Crippen LogP) is 5.99. The molecule has 6 nitrogen and oxygen atoms in total. The van der Waals surface area contributed by atoms with Crippen LogP contribution in [0.5, 0.6) is 17.2 Å². The van der Waals surface area contributed by atoms with Crippen LogP contribution in [0.2, 0.25) is 5.02 Å². The number of fused-ring (bicyclic) bond motifs is 2. The van der Waals surface area contributed by atoms with Gasteiger partial charge in [0.2, 0.25) is 6.79 Å². The monoisotopic (exact) mass is 496 g/mol. The van der Waals surface area contributed by atoms with E-state index in [2.05, 4.69) is 18.7 Å². The van der Waals surface area contributed by atoms with Gasteiger partial charge in [-0.25, -0.2) is 0 Å². The van der Waals surface area contributed by atoms with Crippen molar-refractivity contribution in [2.75, 3.05) is 40.1 Å². The molecule has 0 spiro atoms. The molecule has 7 heteroatoms. The minimum Gasteiger partial charge on any atom is -0.495 e. The molecule has 0 aromatic heterocycles. The fraction of sp³-hybridized carbons (Fsp3) is 0.393. The normalized spacial score (nSPS) is 12.4. The van der Waals surface area contributed by atoms with E-state index < -0.39 is 0 Å². The summed E-state index contributed by atoms with van der Waals surface area (Å²) >= 11 is 6.57. The maximum Gasteiger partial charge on any atom is 0.257 e. The van der Waals surface area contributed by atoms with E-state index in [0.29, 0.717) is 40.9 Å². The fourth-order valence-corrected chi connectivity index (χ4v) is 4.73. The quantitative estimate of drug-likeness (QED) is 0.305. The van der Waals surface area contributed by atoms with Gasteiger partial charge in [-0.3, -0.25) is 4.79 Å². The van der Waals surface area contributed by atoms with E-state index in [9.17, 15) is 4.79 Å². The first-order chi connectivity index (χ1) is 17.0. The molecule has 186 valence electrons.